The summed E-state index contributed by atoms with van der Waals surface area (Å²) in [5.74, 6) is -0.117. The number of rotatable bonds is 6. The molecule has 0 spiro atoms. The van der Waals surface area contributed by atoms with E-state index in [2.05, 4.69) is 22.0 Å². The molecule has 1 aliphatic heterocycles. The van der Waals surface area contributed by atoms with Crippen LogP contribution in [0.4, 0.5) is 5.82 Å². The molecule has 0 fully saturated rings. The Morgan fingerprint density at radius 3 is 3.03 bits per heavy atom. The minimum absolute atomic E-state index is 0.0251. The normalized spacial score (nSPS) is 16.0. The van der Waals surface area contributed by atoms with E-state index in [1.807, 2.05) is 31.2 Å². The fourth-order valence-corrected chi connectivity index (χ4v) is 2.95. The second-order valence-electron chi connectivity index (χ2n) is 6.79. The zero-order valence-corrected chi connectivity index (χ0v) is 17.3. The van der Waals surface area contributed by atoms with Crippen molar-refractivity contribution >= 4 is 17.6 Å². The SMILES string of the molecule is C=C(/C=C\C=C/C)Cn1nc(C(=O)N[C@H]2COc3cccnc3N(C)C2=O)cc1C#N. The minimum Gasteiger partial charge on any atom is -0.487 e. The molecule has 0 aliphatic carbocycles. The molecule has 0 saturated carbocycles. The Labute approximate surface area is 179 Å². The van der Waals surface area contributed by atoms with Gasteiger partial charge in [0.2, 0.25) is 0 Å². The smallest absolute Gasteiger partial charge is 0.272 e. The van der Waals surface area contributed by atoms with Crippen molar-refractivity contribution in [2.45, 2.75) is 19.5 Å². The van der Waals surface area contributed by atoms with Gasteiger partial charge in [0.15, 0.2) is 17.3 Å². The third-order valence-electron chi connectivity index (χ3n) is 4.52. The number of anilines is 1. The number of nitriles is 1. The molecule has 0 radical (unpaired) electrons. The van der Waals surface area contributed by atoms with Crippen molar-refractivity contribution in [3.63, 3.8) is 0 Å². The van der Waals surface area contributed by atoms with Crippen molar-refractivity contribution < 1.29 is 14.3 Å². The third-order valence-corrected chi connectivity index (χ3v) is 4.52. The van der Waals surface area contributed by atoms with Crippen LogP contribution in [0.3, 0.4) is 0 Å². The van der Waals surface area contributed by atoms with Crippen LogP contribution < -0.4 is 15.0 Å². The van der Waals surface area contributed by atoms with Gasteiger partial charge in [-0.3, -0.25) is 14.5 Å². The molecular formula is C22H22N6O3. The summed E-state index contributed by atoms with van der Waals surface area (Å²) in [5, 5.41) is 16.2. The molecule has 1 aliphatic rings. The number of ether oxygens (including phenoxy) is 1. The Morgan fingerprint density at radius 1 is 1.48 bits per heavy atom. The van der Waals surface area contributed by atoms with Crippen LogP contribution in [-0.4, -0.2) is 46.3 Å². The van der Waals surface area contributed by atoms with Crippen LogP contribution in [0, 0.1) is 11.3 Å². The molecule has 1 atom stereocenters. The maximum atomic E-state index is 12.8. The van der Waals surface area contributed by atoms with Gasteiger partial charge in [-0.25, -0.2) is 9.67 Å². The van der Waals surface area contributed by atoms with E-state index >= 15 is 0 Å². The molecule has 9 heteroatoms. The summed E-state index contributed by atoms with van der Waals surface area (Å²) < 4.78 is 7.04. The van der Waals surface area contributed by atoms with E-state index < -0.39 is 11.9 Å². The number of carbonyl (C=O) groups is 2. The second kappa shape index (κ2) is 9.54. The Bertz CT molecular complexity index is 1110. The molecule has 0 aromatic carbocycles. The number of allylic oxidation sites excluding steroid dienone is 5. The van der Waals surface area contributed by atoms with Gasteiger partial charge in [-0.2, -0.15) is 10.4 Å². The summed E-state index contributed by atoms with van der Waals surface area (Å²) >= 11 is 0. The van der Waals surface area contributed by atoms with Crippen LogP contribution in [0.2, 0.25) is 0 Å². The van der Waals surface area contributed by atoms with Gasteiger partial charge in [-0.1, -0.05) is 30.9 Å². The van der Waals surface area contributed by atoms with Gasteiger partial charge in [-0.05, 0) is 24.6 Å². The molecule has 0 saturated heterocycles. The molecule has 2 aromatic rings. The van der Waals surface area contributed by atoms with Crippen LogP contribution in [0.1, 0.15) is 23.1 Å². The Morgan fingerprint density at radius 2 is 2.29 bits per heavy atom. The third kappa shape index (κ3) is 4.87. The number of nitrogens with one attached hydrogen (secondary N) is 1. The molecule has 2 amide bonds. The van der Waals surface area contributed by atoms with Crippen molar-refractivity contribution in [1.29, 1.82) is 5.26 Å². The van der Waals surface area contributed by atoms with E-state index in [1.165, 1.54) is 15.6 Å². The quantitative estimate of drug-likeness (QED) is 0.718. The van der Waals surface area contributed by atoms with E-state index in [4.69, 9.17) is 4.74 Å². The molecule has 3 rings (SSSR count). The van der Waals surface area contributed by atoms with Gasteiger partial charge < -0.3 is 10.1 Å². The number of hydrogen-bond acceptors (Lipinski definition) is 6. The highest BCUT2D eigenvalue weighted by Crippen LogP contribution is 2.27. The predicted molar refractivity (Wildman–Crippen MR) is 114 cm³/mol. The van der Waals surface area contributed by atoms with Crippen molar-refractivity contribution in [3.05, 3.63) is 72.2 Å². The zero-order chi connectivity index (χ0) is 22.4. The summed E-state index contributed by atoms with van der Waals surface area (Å²) in [7, 11) is 1.57. The van der Waals surface area contributed by atoms with Gasteiger partial charge in [0.25, 0.3) is 11.8 Å². The first-order chi connectivity index (χ1) is 14.9. The molecule has 31 heavy (non-hydrogen) atoms. The summed E-state index contributed by atoms with van der Waals surface area (Å²) in [6.45, 7) is 6.03. The fraction of sp³-hybridized carbons (Fsp3) is 0.227. The molecular weight excluding hydrogens is 396 g/mol. The Balaban J connectivity index is 1.73. The minimum atomic E-state index is -0.930. The average molecular weight is 418 g/mol. The molecule has 0 bridgehead atoms. The topological polar surface area (TPSA) is 113 Å². The number of fused-ring (bicyclic) bond motifs is 1. The standard InChI is InChI=1S/C22H22N6O3/c1-4-5-6-8-15(2)13-28-16(12-23)11-17(26-28)21(29)25-18-14-31-19-9-7-10-24-20(19)27(3)22(18)30/h4-11,18H,2,13-14H2,1,3H3,(H,25,29)/b5-4-,8-6-/t18-/m0/s1. The van der Waals surface area contributed by atoms with Gasteiger partial charge in [0.1, 0.15) is 24.4 Å². The highest BCUT2D eigenvalue weighted by molar-refractivity contribution is 6.02. The number of hydrogen-bond donors (Lipinski definition) is 1. The number of pyridine rings is 1. The van der Waals surface area contributed by atoms with Crippen LogP contribution in [0.15, 0.2) is 60.9 Å². The van der Waals surface area contributed by atoms with Gasteiger partial charge in [0, 0.05) is 19.3 Å². The lowest BCUT2D eigenvalue weighted by atomic mass is 10.2. The second-order valence-corrected chi connectivity index (χ2v) is 6.79. The van der Waals surface area contributed by atoms with Gasteiger partial charge >= 0.3 is 0 Å². The van der Waals surface area contributed by atoms with Crippen molar-refractivity contribution in [2.75, 3.05) is 18.6 Å². The van der Waals surface area contributed by atoms with Gasteiger partial charge in [0.05, 0.1) is 6.54 Å². The zero-order valence-electron chi connectivity index (χ0n) is 17.3. The van der Waals surface area contributed by atoms with Crippen molar-refractivity contribution in [3.8, 4) is 11.8 Å². The predicted octanol–water partition coefficient (Wildman–Crippen LogP) is 1.99. The van der Waals surface area contributed by atoms with Crippen LogP contribution in [0.5, 0.6) is 5.75 Å². The van der Waals surface area contributed by atoms with E-state index in [0.29, 0.717) is 17.1 Å². The van der Waals surface area contributed by atoms with Crippen LogP contribution >= 0.6 is 0 Å². The fourth-order valence-electron chi connectivity index (χ4n) is 2.95. The number of amides is 2. The Kier molecular flexibility index (Phi) is 6.62. The lowest BCUT2D eigenvalue weighted by Gasteiger charge is -2.19. The summed E-state index contributed by atoms with van der Waals surface area (Å²) in [5.41, 5.74) is 0.948. The maximum absolute atomic E-state index is 12.8. The van der Waals surface area contributed by atoms with Crippen LogP contribution in [-0.2, 0) is 11.3 Å². The first-order valence-corrected chi connectivity index (χ1v) is 9.56. The number of carbonyl (C=O) groups excluding carboxylic acids is 2. The lowest BCUT2D eigenvalue weighted by Crippen LogP contribution is -2.49. The molecule has 158 valence electrons. The van der Waals surface area contributed by atoms with E-state index in [1.54, 1.807) is 31.5 Å². The highest BCUT2D eigenvalue weighted by atomic mass is 16.5. The summed E-state index contributed by atoms with van der Waals surface area (Å²) in [6, 6.07) is 5.87. The first kappa shape index (κ1) is 21.5. The highest BCUT2D eigenvalue weighted by Gasteiger charge is 2.32. The monoisotopic (exact) mass is 418 g/mol. The Hall–Kier alpha value is -4.19. The van der Waals surface area contributed by atoms with Crippen molar-refractivity contribution in [1.82, 2.24) is 20.1 Å². The van der Waals surface area contributed by atoms with E-state index in [-0.39, 0.29) is 30.4 Å². The van der Waals surface area contributed by atoms with E-state index in [9.17, 15) is 14.9 Å². The summed E-state index contributed by atoms with van der Waals surface area (Å²) in [6.07, 6.45) is 8.92. The molecule has 3 heterocycles. The largest absolute Gasteiger partial charge is 0.487 e. The molecule has 9 nitrogen and oxygen atoms in total. The van der Waals surface area contributed by atoms with Gasteiger partial charge in [-0.15, -0.1) is 0 Å². The first-order valence-electron chi connectivity index (χ1n) is 9.56. The summed E-state index contributed by atoms with van der Waals surface area (Å²) in [4.78, 5) is 31.0. The van der Waals surface area contributed by atoms with Crippen molar-refractivity contribution in [2.24, 2.45) is 0 Å². The average Bonchev–Trinajstić information content (AvgIpc) is 3.13. The number of aromatic nitrogens is 3. The lowest BCUT2D eigenvalue weighted by molar-refractivity contribution is -0.120. The molecule has 1 N–H and O–H groups in total. The number of likely N-dealkylation sites (N-methyl/N-ethyl adjacent to an activating group) is 1. The van der Waals surface area contributed by atoms with Crippen LogP contribution in [0.25, 0.3) is 0 Å². The molecule has 0 unspecified atom stereocenters. The number of nitrogens with zero attached hydrogens (tertiary/aromatic N) is 5. The maximum Gasteiger partial charge on any atom is 0.272 e. The molecule has 2 aromatic heterocycles. The van der Waals surface area contributed by atoms with E-state index in [0.717, 1.165) is 0 Å².